The van der Waals surface area contributed by atoms with Crippen molar-refractivity contribution in [2.24, 2.45) is 0 Å². The van der Waals surface area contributed by atoms with E-state index >= 15 is 0 Å². The first-order valence-electron chi connectivity index (χ1n) is 6.87. The van der Waals surface area contributed by atoms with Gasteiger partial charge in [0.15, 0.2) is 0 Å². The van der Waals surface area contributed by atoms with Gasteiger partial charge in [-0.3, -0.25) is 0 Å². The molecule has 1 nitrogen and oxygen atoms in total. The van der Waals surface area contributed by atoms with Crippen molar-refractivity contribution in [2.45, 2.75) is 66.2 Å². The molecule has 1 N–H and O–H groups in total. The number of hydrogen-bond acceptors (Lipinski definition) is 1. The van der Waals surface area contributed by atoms with Crippen LogP contribution >= 0.6 is 0 Å². The van der Waals surface area contributed by atoms with E-state index in [0.717, 1.165) is 24.8 Å². The summed E-state index contributed by atoms with van der Waals surface area (Å²) in [5.41, 5.74) is 4.87. The number of aromatic hydroxyl groups is 1. The van der Waals surface area contributed by atoms with Crippen LogP contribution in [0, 0.1) is 6.92 Å². The van der Waals surface area contributed by atoms with Crippen LogP contribution in [-0.2, 0) is 12.8 Å². The molecule has 96 valence electrons. The van der Waals surface area contributed by atoms with Crippen LogP contribution < -0.4 is 0 Å². The Hall–Kier alpha value is -0.980. The first-order valence-corrected chi connectivity index (χ1v) is 6.87. The van der Waals surface area contributed by atoms with E-state index < -0.39 is 0 Å². The Morgan fingerprint density at radius 3 is 2.35 bits per heavy atom. The van der Waals surface area contributed by atoms with E-state index in [1.165, 1.54) is 23.1 Å². The third-order valence-electron chi connectivity index (χ3n) is 3.58. The molecule has 0 bridgehead atoms. The van der Waals surface area contributed by atoms with E-state index in [9.17, 15) is 5.11 Å². The summed E-state index contributed by atoms with van der Waals surface area (Å²) < 4.78 is 0. The molecule has 0 saturated carbocycles. The second kappa shape index (κ2) is 6.09. The molecule has 17 heavy (non-hydrogen) atoms. The first-order chi connectivity index (χ1) is 8.02. The topological polar surface area (TPSA) is 20.2 Å². The van der Waals surface area contributed by atoms with Gasteiger partial charge in [-0.1, -0.05) is 40.2 Å². The molecule has 0 aromatic heterocycles. The molecule has 0 unspecified atom stereocenters. The zero-order chi connectivity index (χ0) is 13.0. The van der Waals surface area contributed by atoms with E-state index in [2.05, 4.69) is 33.8 Å². The van der Waals surface area contributed by atoms with E-state index in [1.807, 2.05) is 6.92 Å². The Morgan fingerprint density at radius 2 is 1.88 bits per heavy atom. The first kappa shape index (κ1) is 14.1. The Kier molecular flexibility index (Phi) is 5.04. The highest BCUT2D eigenvalue weighted by Crippen LogP contribution is 2.34. The molecular formula is C16H26O. The summed E-state index contributed by atoms with van der Waals surface area (Å²) in [7, 11) is 0. The third kappa shape index (κ3) is 3.02. The van der Waals surface area contributed by atoms with Gasteiger partial charge in [-0.2, -0.15) is 0 Å². The van der Waals surface area contributed by atoms with Crippen molar-refractivity contribution in [3.8, 4) is 5.75 Å². The van der Waals surface area contributed by atoms with E-state index in [4.69, 9.17) is 0 Å². The minimum absolute atomic E-state index is 0.485. The fraction of sp³-hybridized carbons (Fsp3) is 0.625. The Balaban J connectivity index is 3.28. The second-order valence-electron chi connectivity index (χ2n) is 5.19. The van der Waals surface area contributed by atoms with Crippen LogP contribution in [0.15, 0.2) is 6.07 Å². The quantitative estimate of drug-likeness (QED) is 0.781. The second-order valence-corrected chi connectivity index (χ2v) is 5.19. The number of aryl methyl sites for hydroxylation is 1. The molecule has 0 atom stereocenters. The van der Waals surface area contributed by atoms with Gasteiger partial charge < -0.3 is 5.11 Å². The fourth-order valence-corrected chi connectivity index (χ4v) is 2.40. The Morgan fingerprint density at radius 1 is 1.24 bits per heavy atom. The molecule has 0 saturated heterocycles. The number of phenolic OH excluding ortho intramolecular Hbond substituents is 1. The van der Waals surface area contributed by atoms with Crippen LogP contribution in [0.3, 0.4) is 0 Å². The van der Waals surface area contributed by atoms with Crippen LogP contribution in [0.25, 0.3) is 0 Å². The predicted octanol–water partition coefficient (Wildman–Crippen LogP) is 4.73. The van der Waals surface area contributed by atoms with Gasteiger partial charge in [0.1, 0.15) is 5.75 Å². The third-order valence-corrected chi connectivity index (χ3v) is 3.58. The highest BCUT2D eigenvalue weighted by Gasteiger charge is 2.15. The monoisotopic (exact) mass is 234 g/mol. The fourth-order valence-electron chi connectivity index (χ4n) is 2.40. The van der Waals surface area contributed by atoms with Gasteiger partial charge in [-0.05, 0) is 54.4 Å². The predicted molar refractivity (Wildman–Crippen MR) is 74.9 cm³/mol. The number of phenols is 1. The van der Waals surface area contributed by atoms with Crippen molar-refractivity contribution in [3.05, 3.63) is 28.3 Å². The molecule has 0 aliphatic carbocycles. The molecule has 1 aromatic carbocycles. The van der Waals surface area contributed by atoms with Crippen LogP contribution in [0.2, 0.25) is 0 Å². The van der Waals surface area contributed by atoms with Gasteiger partial charge in [0.25, 0.3) is 0 Å². The van der Waals surface area contributed by atoms with Crippen LogP contribution in [-0.4, -0.2) is 5.11 Å². The number of unbranched alkanes of at least 4 members (excludes halogenated alkanes) is 1. The van der Waals surface area contributed by atoms with E-state index in [0.29, 0.717) is 11.7 Å². The van der Waals surface area contributed by atoms with Gasteiger partial charge in [0.05, 0.1) is 0 Å². The van der Waals surface area contributed by atoms with Crippen molar-refractivity contribution in [1.82, 2.24) is 0 Å². The average Bonchev–Trinajstić information content (AvgIpc) is 2.30. The minimum Gasteiger partial charge on any atom is -0.507 e. The van der Waals surface area contributed by atoms with E-state index in [1.54, 1.807) is 0 Å². The largest absolute Gasteiger partial charge is 0.507 e. The Labute approximate surface area is 106 Å². The normalized spacial score (nSPS) is 11.2. The number of benzene rings is 1. The minimum atomic E-state index is 0.485. The maximum absolute atomic E-state index is 10.4. The molecule has 0 aliphatic heterocycles. The molecule has 0 aliphatic rings. The lowest BCUT2D eigenvalue weighted by atomic mass is 9.88. The highest BCUT2D eigenvalue weighted by molar-refractivity contribution is 5.50. The maximum Gasteiger partial charge on any atom is 0.122 e. The van der Waals surface area contributed by atoms with Crippen LogP contribution in [0.4, 0.5) is 0 Å². The molecular weight excluding hydrogens is 208 g/mol. The molecule has 0 spiro atoms. The van der Waals surface area contributed by atoms with Gasteiger partial charge >= 0.3 is 0 Å². The van der Waals surface area contributed by atoms with Crippen molar-refractivity contribution < 1.29 is 5.11 Å². The molecule has 1 rings (SSSR count). The summed E-state index contributed by atoms with van der Waals surface area (Å²) in [6.07, 6.45) is 4.32. The van der Waals surface area contributed by atoms with Gasteiger partial charge in [-0.15, -0.1) is 0 Å². The van der Waals surface area contributed by atoms with Crippen molar-refractivity contribution in [1.29, 1.82) is 0 Å². The smallest absolute Gasteiger partial charge is 0.122 e. The zero-order valence-electron chi connectivity index (χ0n) is 11.9. The van der Waals surface area contributed by atoms with Crippen molar-refractivity contribution in [3.63, 3.8) is 0 Å². The lowest BCUT2D eigenvalue weighted by Crippen LogP contribution is -2.02. The van der Waals surface area contributed by atoms with Crippen molar-refractivity contribution >= 4 is 0 Å². The molecule has 0 fully saturated rings. The SMILES string of the molecule is CCCCc1c(C(C)C)cc(CC)c(C)c1O. The van der Waals surface area contributed by atoms with Crippen LogP contribution in [0.5, 0.6) is 5.75 Å². The summed E-state index contributed by atoms with van der Waals surface area (Å²) in [4.78, 5) is 0. The number of rotatable bonds is 5. The summed E-state index contributed by atoms with van der Waals surface area (Å²) in [6, 6.07) is 2.30. The summed E-state index contributed by atoms with van der Waals surface area (Å²) in [6.45, 7) is 10.8. The summed E-state index contributed by atoms with van der Waals surface area (Å²) in [5.74, 6) is 1.03. The Bertz CT molecular complexity index is 378. The van der Waals surface area contributed by atoms with E-state index in [-0.39, 0.29) is 0 Å². The van der Waals surface area contributed by atoms with Crippen LogP contribution in [0.1, 0.15) is 68.7 Å². The van der Waals surface area contributed by atoms with Gasteiger partial charge in [-0.25, -0.2) is 0 Å². The molecule has 0 heterocycles. The summed E-state index contributed by atoms with van der Waals surface area (Å²) >= 11 is 0. The zero-order valence-corrected chi connectivity index (χ0v) is 11.9. The van der Waals surface area contributed by atoms with Crippen molar-refractivity contribution in [2.75, 3.05) is 0 Å². The highest BCUT2D eigenvalue weighted by atomic mass is 16.3. The number of hydrogen-bond donors (Lipinski definition) is 1. The maximum atomic E-state index is 10.4. The molecule has 0 radical (unpaired) electrons. The lowest BCUT2D eigenvalue weighted by molar-refractivity contribution is 0.459. The van der Waals surface area contributed by atoms with Gasteiger partial charge in [0.2, 0.25) is 0 Å². The summed E-state index contributed by atoms with van der Waals surface area (Å²) in [5, 5.41) is 10.4. The molecule has 0 amide bonds. The van der Waals surface area contributed by atoms with Gasteiger partial charge in [0, 0.05) is 0 Å². The average molecular weight is 234 g/mol. The standard InChI is InChI=1S/C16H26O/c1-6-8-9-14-15(11(3)4)10-13(7-2)12(5)16(14)17/h10-11,17H,6-9H2,1-5H3. The lowest BCUT2D eigenvalue weighted by Gasteiger charge is -2.19. The molecule has 1 heteroatoms. The molecule has 1 aromatic rings.